The third kappa shape index (κ3) is 5.31. The minimum atomic E-state index is -1.02. The SMILES string of the molecule is C[C@@H](OC(=O)/C=C/c1ccccc1[N+](=O)[O-])C(=O)NCc1ccco1. The molecule has 8 nitrogen and oxygen atoms in total. The van der Waals surface area contributed by atoms with Gasteiger partial charge in [-0.3, -0.25) is 14.9 Å². The van der Waals surface area contributed by atoms with E-state index in [2.05, 4.69) is 5.32 Å². The highest BCUT2D eigenvalue weighted by Gasteiger charge is 2.17. The molecule has 8 heteroatoms. The van der Waals surface area contributed by atoms with Crippen molar-refractivity contribution in [3.63, 3.8) is 0 Å². The van der Waals surface area contributed by atoms with Gasteiger partial charge in [-0.15, -0.1) is 0 Å². The Bertz CT molecular complexity index is 782. The first-order valence-electron chi connectivity index (χ1n) is 7.39. The van der Waals surface area contributed by atoms with Crippen LogP contribution in [0.5, 0.6) is 0 Å². The van der Waals surface area contributed by atoms with E-state index in [9.17, 15) is 19.7 Å². The van der Waals surface area contributed by atoms with Crippen molar-refractivity contribution in [1.82, 2.24) is 5.32 Å². The lowest BCUT2D eigenvalue weighted by molar-refractivity contribution is -0.385. The van der Waals surface area contributed by atoms with E-state index in [1.807, 2.05) is 0 Å². The summed E-state index contributed by atoms with van der Waals surface area (Å²) < 4.78 is 10.0. The van der Waals surface area contributed by atoms with Gasteiger partial charge >= 0.3 is 5.97 Å². The molecule has 1 aromatic carbocycles. The zero-order valence-corrected chi connectivity index (χ0v) is 13.4. The number of hydrogen-bond acceptors (Lipinski definition) is 6. The molecule has 1 N–H and O–H groups in total. The molecule has 0 aliphatic rings. The summed E-state index contributed by atoms with van der Waals surface area (Å²) in [5.74, 6) is -0.689. The fourth-order valence-electron chi connectivity index (χ4n) is 1.95. The standard InChI is InChI=1S/C17H16N2O6/c1-12(17(21)18-11-14-6-4-10-24-14)25-16(20)9-8-13-5-2-3-7-15(13)19(22)23/h2-10,12H,11H2,1H3,(H,18,21)/b9-8+/t12-/m1/s1. The van der Waals surface area contributed by atoms with Crippen molar-refractivity contribution in [3.05, 3.63) is 70.2 Å². The van der Waals surface area contributed by atoms with Crippen molar-refractivity contribution in [3.8, 4) is 0 Å². The lowest BCUT2D eigenvalue weighted by Gasteiger charge is -2.11. The Morgan fingerprint density at radius 3 is 2.76 bits per heavy atom. The predicted molar refractivity (Wildman–Crippen MR) is 88.2 cm³/mol. The maximum atomic E-state index is 11.8. The first-order valence-corrected chi connectivity index (χ1v) is 7.39. The highest BCUT2D eigenvalue weighted by Crippen LogP contribution is 2.18. The first-order chi connectivity index (χ1) is 12.0. The minimum absolute atomic E-state index is 0.129. The van der Waals surface area contributed by atoms with Crippen molar-refractivity contribution >= 4 is 23.6 Å². The van der Waals surface area contributed by atoms with Gasteiger partial charge in [-0.1, -0.05) is 12.1 Å². The fourth-order valence-corrected chi connectivity index (χ4v) is 1.95. The van der Waals surface area contributed by atoms with Crippen molar-refractivity contribution in [2.75, 3.05) is 0 Å². The number of furan rings is 1. The Morgan fingerprint density at radius 2 is 2.08 bits per heavy atom. The van der Waals surface area contributed by atoms with E-state index in [1.54, 1.807) is 18.2 Å². The van der Waals surface area contributed by atoms with Crippen molar-refractivity contribution in [2.45, 2.75) is 19.6 Å². The van der Waals surface area contributed by atoms with Crippen LogP contribution in [0.15, 0.2) is 53.2 Å². The molecule has 1 heterocycles. The molecule has 1 atom stereocenters. The molecule has 0 spiro atoms. The van der Waals surface area contributed by atoms with Crippen LogP contribution in [0.25, 0.3) is 6.08 Å². The number of nitro benzene ring substituents is 1. The van der Waals surface area contributed by atoms with Crippen LogP contribution >= 0.6 is 0 Å². The summed E-state index contributed by atoms with van der Waals surface area (Å²) in [5.41, 5.74) is 0.134. The Balaban J connectivity index is 1.88. The maximum Gasteiger partial charge on any atom is 0.331 e. The second-order valence-corrected chi connectivity index (χ2v) is 5.03. The molecule has 2 rings (SSSR count). The van der Waals surface area contributed by atoms with E-state index in [0.717, 1.165) is 6.08 Å². The zero-order chi connectivity index (χ0) is 18.2. The van der Waals surface area contributed by atoms with Crippen LogP contribution < -0.4 is 5.32 Å². The number of ether oxygens (including phenoxy) is 1. The Kier molecular flexibility index (Phi) is 6.05. The summed E-state index contributed by atoms with van der Waals surface area (Å²) in [6, 6.07) is 9.37. The van der Waals surface area contributed by atoms with Crippen LogP contribution in [-0.2, 0) is 20.9 Å². The van der Waals surface area contributed by atoms with Gasteiger partial charge in [0.2, 0.25) is 0 Å². The molecular formula is C17H16N2O6. The van der Waals surface area contributed by atoms with Gasteiger partial charge in [-0.05, 0) is 31.2 Å². The Morgan fingerprint density at radius 1 is 1.32 bits per heavy atom. The lowest BCUT2D eigenvalue weighted by Crippen LogP contribution is -2.35. The van der Waals surface area contributed by atoms with E-state index < -0.39 is 22.9 Å². The molecule has 0 saturated heterocycles. The van der Waals surface area contributed by atoms with E-state index in [-0.39, 0.29) is 17.8 Å². The number of esters is 1. The van der Waals surface area contributed by atoms with E-state index >= 15 is 0 Å². The largest absolute Gasteiger partial charge is 0.467 e. The van der Waals surface area contributed by atoms with Crippen molar-refractivity contribution in [1.29, 1.82) is 0 Å². The topological polar surface area (TPSA) is 112 Å². The van der Waals surface area contributed by atoms with E-state index in [4.69, 9.17) is 9.15 Å². The number of nitro groups is 1. The fraction of sp³-hybridized carbons (Fsp3) is 0.176. The van der Waals surface area contributed by atoms with Gasteiger partial charge in [0.25, 0.3) is 11.6 Å². The molecule has 25 heavy (non-hydrogen) atoms. The van der Waals surface area contributed by atoms with Gasteiger partial charge in [-0.25, -0.2) is 4.79 Å². The maximum absolute atomic E-state index is 11.8. The molecule has 1 amide bonds. The number of para-hydroxylation sites is 1. The second kappa shape index (κ2) is 8.44. The molecular weight excluding hydrogens is 328 g/mol. The summed E-state index contributed by atoms with van der Waals surface area (Å²) >= 11 is 0. The van der Waals surface area contributed by atoms with Gasteiger partial charge in [0.15, 0.2) is 6.10 Å². The van der Waals surface area contributed by atoms with Crippen LogP contribution in [0, 0.1) is 10.1 Å². The van der Waals surface area contributed by atoms with E-state index in [0.29, 0.717) is 5.76 Å². The van der Waals surface area contributed by atoms with Gasteiger partial charge in [0.1, 0.15) is 5.76 Å². The van der Waals surface area contributed by atoms with Gasteiger partial charge in [-0.2, -0.15) is 0 Å². The lowest BCUT2D eigenvalue weighted by atomic mass is 10.1. The monoisotopic (exact) mass is 344 g/mol. The third-order valence-corrected chi connectivity index (χ3v) is 3.21. The number of benzene rings is 1. The number of amides is 1. The average molecular weight is 344 g/mol. The predicted octanol–water partition coefficient (Wildman–Crippen LogP) is 2.45. The van der Waals surface area contributed by atoms with Crippen LogP contribution in [-0.4, -0.2) is 22.9 Å². The molecule has 130 valence electrons. The van der Waals surface area contributed by atoms with Crippen LogP contribution in [0.4, 0.5) is 5.69 Å². The molecule has 2 aromatic rings. The smallest absolute Gasteiger partial charge is 0.331 e. The molecule has 1 aromatic heterocycles. The highest BCUT2D eigenvalue weighted by atomic mass is 16.6. The minimum Gasteiger partial charge on any atom is -0.467 e. The average Bonchev–Trinajstić information content (AvgIpc) is 3.11. The van der Waals surface area contributed by atoms with Gasteiger partial charge < -0.3 is 14.5 Å². The number of hydrogen-bond donors (Lipinski definition) is 1. The third-order valence-electron chi connectivity index (χ3n) is 3.21. The van der Waals surface area contributed by atoms with Crippen molar-refractivity contribution < 1.29 is 23.7 Å². The second-order valence-electron chi connectivity index (χ2n) is 5.03. The van der Waals surface area contributed by atoms with Gasteiger partial charge in [0.05, 0.1) is 23.3 Å². The molecule has 0 bridgehead atoms. The molecule has 0 fully saturated rings. The number of nitrogens with zero attached hydrogens (tertiary/aromatic N) is 1. The highest BCUT2D eigenvalue weighted by molar-refractivity contribution is 5.90. The van der Waals surface area contributed by atoms with Crippen LogP contribution in [0.2, 0.25) is 0 Å². The molecule has 0 aliphatic carbocycles. The molecule has 0 unspecified atom stereocenters. The van der Waals surface area contributed by atoms with Gasteiger partial charge in [0, 0.05) is 12.1 Å². The van der Waals surface area contributed by atoms with E-state index in [1.165, 1.54) is 37.5 Å². The Hall–Kier alpha value is -3.42. The quantitative estimate of drug-likeness (QED) is 0.357. The van der Waals surface area contributed by atoms with Crippen molar-refractivity contribution in [2.24, 2.45) is 0 Å². The summed E-state index contributed by atoms with van der Waals surface area (Å²) in [7, 11) is 0. The number of rotatable bonds is 7. The van der Waals surface area contributed by atoms with Crippen LogP contribution in [0.3, 0.4) is 0 Å². The first kappa shape index (κ1) is 17.9. The number of carbonyl (C=O) groups is 2. The number of nitrogens with one attached hydrogen (secondary N) is 1. The Labute approximate surface area is 143 Å². The summed E-state index contributed by atoms with van der Waals surface area (Å²) in [6.07, 6.45) is 2.78. The summed E-state index contributed by atoms with van der Waals surface area (Å²) in [4.78, 5) is 34.0. The zero-order valence-electron chi connectivity index (χ0n) is 13.4. The summed E-state index contributed by atoms with van der Waals surface area (Å²) in [6.45, 7) is 1.61. The molecule has 0 saturated carbocycles. The summed E-state index contributed by atoms with van der Waals surface area (Å²) in [5, 5.41) is 13.5. The molecule has 0 aliphatic heterocycles. The van der Waals surface area contributed by atoms with Crippen LogP contribution in [0.1, 0.15) is 18.2 Å². The molecule has 0 radical (unpaired) electrons. The number of carbonyl (C=O) groups excluding carboxylic acids is 2. The normalized spacial score (nSPS) is 11.9.